The van der Waals surface area contributed by atoms with E-state index in [1.807, 2.05) is 30.3 Å². The summed E-state index contributed by atoms with van der Waals surface area (Å²) in [4.78, 5) is 27.6. The zero-order valence-electron chi connectivity index (χ0n) is 14.5. The number of hydrogen-bond acceptors (Lipinski definition) is 6. The van der Waals surface area contributed by atoms with Crippen molar-refractivity contribution < 1.29 is 23.6 Å². The summed E-state index contributed by atoms with van der Waals surface area (Å²) in [6, 6.07) is 12.7. The van der Waals surface area contributed by atoms with Crippen LogP contribution in [-0.2, 0) is 22.4 Å². The van der Waals surface area contributed by atoms with Crippen molar-refractivity contribution in [2.45, 2.75) is 19.3 Å². The molecule has 8 heteroatoms. The number of aromatic nitrogens is 2. The fourth-order valence-electron chi connectivity index (χ4n) is 2.55. The van der Waals surface area contributed by atoms with Crippen molar-refractivity contribution in [2.24, 2.45) is 5.92 Å². The quantitative estimate of drug-likeness (QED) is 0.594. The van der Waals surface area contributed by atoms with E-state index in [9.17, 15) is 14.7 Å². The van der Waals surface area contributed by atoms with Gasteiger partial charge in [0.2, 0.25) is 17.6 Å². The van der Waals surface area contributed by atoms with E-state index in [1.165, 1.54) is 6.26 Å². The maximum Gasteiger partial charge on any atom is 0.308 e. The molecule has 1 atom stereocenters. The second-order valence-electron chi connectivity index (χ2n) is 6.02. The molecule has 0 saturated heterocycles. The number of nitrogens with zero attached hydrogens (tertiary/aromatic N) is 2. The Morgan fingerprint density at radius 3 is 2.67 bits per heavy atom. The number of aliphatic carboxylic acids is 1. The zero-order chi connectivity index (χ0) is 19.1. The van der Waals surface area contributed by atoms with Crippen molar-refractivity contribution in [2.75, 3.05) is 6.54 Å². The Hall–Kier alpha value is -3.42. The third-order valence-electron chi connectivity index (χ3n) is 4.00. The van der Waals surface area contributed by atoms with Gasteiger partial charge < -0.3 is 19.4 Å². The Labute approximate surface area is 155 Å². The lowest BCUT2D eigenvalue weighted by atomic mass is 9.99. The van der Waals surface area contributed by atoms with Crippen molar-refractivity contribution >= 4 is 11.9 Å². The number of carboxylic acids is 1. The van der Waals surface area contributed by atoms with Crippen molar-refractivity contribution in [1.82, 2.24) is 15.5 Å². The van der Waals surface area contributed by atoms with Crippen LogP contribution in [0.2, 0.25) is 0 Å². The predicted molar refractivity (Wildman–Crippen MR) is 94.6 cm³/mol. The number of benzene rings is 1. The monoisotopic (exact) mass is 369 g/mol. The number of carbonyl (C=O) groups excluding carboxylic acids is 1. The molecule has 0 aliphatic carbocycles. The molecule has 0 spiro atoms. The first kappa shape index (κ1) is 18.4. The molecule has 8 nitrogen and oxygen atoms in total. The van der Waals surface area contributed by atoms with Crippen LogP contribution in [-0.4, -0.2) is 33.7 Å². The number of carbonyl (C=O) groups is 2. The van der Waals surface area contributed by atoms with E-state index >= 15 is 0 Å². The highest BCUT2D eigenvalue weighted by Crippen LogP contribution is 2.16. The molecule has 2 N–H and O–H groups in total. The molecule has 2 heterocycles. The number of rotatable bonds is 9. The minimum atomic E-state index is -0.945. The van der Waals surface area contributed by atoms with Gasteiger partial charge in [-0.1, -0.05) is 35.5 Å². The van der Waals surface area contributed by atoms with Crippen LogP contribution >= 0.6 is 0 Å². The molecule has 140 valence electrons. The fraction of sp³-hybridized carbons (Fsp3) is 0.263. The number of nitrogens with one attached hydrogen (secondary N) is 1. The normalized spacial score (nSPS) is 11.9. The number of hydrogen-bond donors (Lipinski definition) is 2. The SMILES string of the molecule is O=C(CCc1nc(-c2ccco2)no1)NCC(Cc1ccccc1)C(=O)O. The topological polar surface area (TPSA) is 118 Å². The fourth-order valence-corrected chi connectivity index (χ4v) is 2.55. The van der Waals surface area contributed by atoms with Crippen LogP contribution in [0.15, 0.2) is 57.7 Å². The maximum absolute atomic E-state index is 12.0. The van der Waals surface area contributed by atoms with Gasteiger partial charge in [0.15, 0.2) is 5.76 Å². The van der Waals surface area contributed by atoms with E-state index in [0.29, 0.717) is 23.9 Å². The first-order valence-corrected chi connectivity index (χ1v) is 8.51. The molecular formula is C19H19N3O5. The van der Waals surface area contributed by atoms with E-state index in [0.717, 1.165) is 5.56 Å². The lowest BCUT2D eigenvalue weighted by molar-refractivity contribution is -0.141. The second kappa shape index (κ2) is 8.79. The van der Waals surface area contributed by atoms with Crippen molar-refractivity contribution in [1.29, 1.82) is 0 Å². The van der Waals surface area contributed by atoms with Crippen molar-refractivity contribution in [3.05, 3.63) is 60.2 Å². The largest absolute Gasteiger partial charge is 0.481 e. The van der Waals surface area contributed by atoms with Gasteiger partial charge in [-0.2, -0.15) is 4.98 Å². The van der Waals surface area contributed by atoms with Crippen LogP contribution in [0.1, 0.15) is 17.9 Å². The molecular weight excluding hydrogens is 350 g/mol. The minimum absolute atomic E-state index is 0.0601. The van der Waals surface area contributed by atoms with E-state index in [4.69, 9.17) is 8.94 Å². The Balaban J connectivity index is 1.46. The van der Waals surface area contributed by atoms with Gasteiger partial charge in [0, 0.05) is 19.4 Å². The molecule has 27 heavy (non-hydrogen) atoms. The van der Waals surface area contributed by atoms with Gasteiger partial charge in [0.1, 0.15) is 0 Å². The van der Waals surface area contributed by atoms with Gasteiger partial charge in [-0.25, -0.2) is 0 Å². The van der Waals surface area contributed by atoms with Gasteiger partial charge in [0.25, 0.3) is 0 Å². The third-order valence-corrected chi connectivity index (χ3v) is 4.00. The number of carboxylic acid groups (broad SMARTS) is 1. The minimum Gasteiger partial charge on any atom is -0.481 e. The molecule has 3 aromatic rings. The number of amides is 1. The summed E-state index contributed by atoms with van der Waals surface area (Å²) in [5.74, 6) is -0.781. The van der Waals surface area contributed by atoms with Gasteiger partial charge in [-0.15, -0.1) is 0 Å². The Bertz CT molecular complexity index is 874. The summed E-state index contributed by atoms with van der Waals surface area (Å²) >= 11 is 0. The van der Waals surface area contributed by atoms with Gasteiger partial charge in [-0.05, 0) is 24.1 Å². The average Bonchev–Trinajstić information content (AvgIpc) is 3.35. The highest BCUT2D eigenvalue weighted by atomic mass is 16.5. The van der Waals surface area contributed by atoms with E-state index < -0.39 is 11.9 Å². The lowest BCUT2D eigenvalue weighted by Gasteiger charge is -2.13. The van der Waals surface area contributed by atoms with Gasteiger partial charge in [-0.3, -0.25) is 9.59 Å². The van der Waals surface area contributed by atoms with Crippen molar-refractivity contribution in [3.8, 4) is 11.6 Å². The van der Waals surface area contributed by atoms with Crippen LogP contribution in [0.3, 0.4) is 0 Å². The molecule has 0 aliphatic heterocycles. The standard InChI is InChI=1S/C19H19N3O5/c23-16(8-9-17-21-18(22-27-17)15-7-4-10-26-15)20-12-14(19(24)25)11-13-5-2-1-3-6-13/h1-7,10,14H,8-9,11-12H2,(H,20,23)(H,24,25). The van der Waals surface area contributed by atoms with Crippen LogP contribution < -0.4 is 5.32 Å². The van der Waals surface area contributed by atoms with Crippen LogP contribution in [0.5, 0.6) is 0 Å². The first-order valence-electron chi connectivity index (χ1n) is 8.51. The Morgan fingerprint density at radius 2 is 1.96 bits per heavy atom. The maximum atomic E-state index is 12.0. The molecule has 0 fully saturated rings. The molecule has 1 amide bonds. The summed E-state index contributed by atoms with van der Waals surface area (Å²) in [6.45, 7) is 0.0601. The summed E-state index contributed by atoms with van der Waals surface area (Å²) in [6.07, 6.45) is 2.24. The molecule has 1 aromatic carbocycles. The Morgan fingerprint density at radius 1 is 1.15 bits per heavy atom. The van der Waals surface area contributed by atoms with E-state index in [1.54, 1.807) is 12.1 Å². The highest BCUT2D eigenvalue weighted by molar-refractivity contribution is 5.77. The molecule has 3 rings (SSSR count). The van der Waals surface area contributed by atoms with Crippen LogP contribution in [0.4, 0.5) is 0 Å². The smallest absolute Gasteiger partial charge is 0.308 e. The predicted octanol–water partition coefficient (Wildman–Crippen LogP) is 2.32. The van der Waals surface area contributed by atoms with Crippen LogP contribution in [0, 0.1) is 5.92 Å². The van der Waals surface area contributed by atoms with Crippen LogP contribution in [0.25, 0.3) is 11.6 Å². The molecule has 2 aromatic heterocycles. The molecule has 0 radical (unpaired) electrons. The zero-order valence-corrected chi connectivity index (χ0v) is 14.5. The number of furan rings is 1. The summed E-state index contributed by atoms with van der Waals surface area (Å²) in [5.41, 5.74) is 0.912. The second-order valence-corrected chi connectivity index (χ2v) is 6.02. The summed E-state index contributed by atoms with van der Waals surface area (Å²) < 4.78 is 10.3. The van der Waals surface area contributed by atoms with E-state index in [2.05, 4.69) is 15.5 Å². The third kappa shape index (κ3) is 5.27. The summed E-state index contributed by atoms with van der Waals surface area (Å²) in [5, 5.41) is 15.8. The Kier molecular flexibility index (Phi) is 5.98. The highest BCUT2D eigenvalue weighted by Gasteiger charge is 2.19. The lowest BCUT2D eigenvalue weighted by Crippen LogP contribution is -2.34. The first-order chi connectivity index (χ1) is 13.1. The van der Waals surface area contributed by atoms with Gasteiger partial charge >= 0.3 is 5.97 Å². The number of aryl methyl sites for hydroxylation is 1. The average molecular weight is 369 g/mol. The van der Waals surface area contributed by atoms with Crippen molar-refractivity contribution in [3.63, 3.8) is 0 Å². The summed E-state index contributed by atoms with van der Waals surface area (Å²) in [7, 11) is 0. The molecule has 0 bridgehead atoms. The van der Waals surface area contributed by atoms with E-state index in [-0.39, 0.29) is 25.3 Å². The van der Waals surface area contributed by atoms with Gasteiger partial charge in [0.05, 0.1) is 12.2 Å². The molecule has 1 unspecified atom stereocenters. The molecule has 0 saturated carbocycles. The molecule has 0 aliphatic rings.